The van der Waals surface area contributed by atoms with Crippen molar-refractivity contribution in [2.45, 2.75) is 20.0 Å². The van der Waals surface area contributed by atoms with E-state index in [1.807, 2.05) is 13.0 Å². The zero-order chi connectivity index (χ0) is 9.84. The molecule has 0 radical (unpaired) electrons. The molecule has 1 atom stereocenters. The summed E-state index contributed by atoms with van der Waals surface area (Å²) in [7, 11) is 0. The summed E-state index contributed by atoms with van der Waals surface area (Å²) in [5.41, 5.74) is 7.38. The van der Waals surface area contributed by atoms with Gasteiger partial charge >= 0.3 is 0 Å². The fourth-order valence-electron chi connectivity index (χ4n) is 0.955. The lowest BCUT2D eigenvalue weighted by atomic mass is 10.2. The van der Waals surface area contributed by atoms with Crippen molar-refractivity contribution in [1.82, 2.24) is 0 Å². The molecule has 0 bridgehead atoms. The molecule has 0 saturated heterocycles. The quantitative estimate of drug-likeness (QED) is 0.759. The highest BCUT2D eigenvalue weighted by molar-refractivity contribution is 5.85. The normalized spacial score (nSPS) is 11.6. The lowest BCUT2D eigenvalue weighted by Gasteiger charge is -2.09. The van der Waals surface area contributed by atoms with Crippen LogP contribution in [-0.2, 0) is 0 Å². The highest BCUT2D eigenvalue weighted by Gasteiger charge is 1.99. The number of hydrogen-bond acceptors (Lipinski definition) is 3. The van der Waals surface area contributed by atoms with Crippen LogP contribution in [0.2, 0.25) is 0 Å². The van der Waals surface area contributed by atoms with E-state index in [9.17, 15) is 0 Å². The van der Waals surface area contributed by atoms with Crippen molar-refractivity contribution in [3.8, 4) is 5.75 Å². The molecule has 3 N–H and O–H groups in total. The topological polar surface area (TPSA) is 55.5 Å². The average molecular weight is 218 g/mol. The number of benzene rings is 1. The molecule has 3 nitrogen and oxygen atoms in total. The summed E-state index contributed by atoms with van der Waals surface area (Å²) >= 11 is 0. The Morgan fingerprint density at radius 1 is 1.50 bits per heavy atom. The maximum atomic E-state index is 8.99. The second-order valence-electron chi connectivity index (χ2n) is 3.18. The predicted octanol–water partition coefficient (Wildman–Crippen LogP) is 1.76. The molecule has 0 aliphatic carbocycles. The van der Waals surface area contributed by atoms with Crippen molar-refractivity contribution in [1.29, 1.82) is 0 Å². The molecule has 0 fully saturated rings. The number of nitrogens with two attached hydrogens (primary N) is 1. The van der Waals surface area contributed by atoms with Gasteiger partial charge < -0.3 is 15.6 Å². The number of aliphatic hydroxyl groups excluding tert-OH is 1. The number of aliphatic hydroxyl groups is 1. The van der Waals surface area contributed by atoms with Crippen LogP contribution in [0.5, 0.6) is 5.75 Å². The highest BCUT2D eigenvalue weighted by atomic mass is 35.5. The van der Waals surface area contributed by atoms with Gasteiger partial charge in [0.1, 0.15) is 12.4 Å². The van der Waals surface area contributed by atoms with Crippen LogP contribution in [0.15, 0.2) is 18.2 Å². The SMILES string of the molecule is Cc1cc(OCC(C)O)ccc1N.Cl. The molecule has 1 rings (SSSR count). The van der Waals surface area contributed by atoms with E-state index in [0.717, 1.165) is 17.0 Å². The Kier molecular flexibility index (Phi) is 5.35. The maximum absolute atomic E-state index is 8.99. The van der Waals surface area contributed by atoms with Crippen LogP contribution in [0.25, 0.3) is 0 Å². The number of rotatable bonds is 3. The number of aryl methyl sites for hydroxylation is 1. The fourth-order valence-corrected chi connectivity index (χ4v) is 0.955. The minimum absolute atomic E-state index is 0. The molecule has 0 amide bonds. The summed E-state index contributed by atoms with van der Waals surface area (Å²) in [4.78, 5) is 0. The third kappa shape index (κ3) is 3.85. The smallest absolute Gasteiger partial charge is 0.119 e. The van der Waals surface area contributed by atoms with E-state index >= 15 is 0 Å². The van der Waals surface area contributed by atoms with Crippen LogP contribution < -0.4 is 10.5 Å². The number of hydrogen-bond donors (Lipinski definition) is 2. The first-order valence-electron chi connectivity index (χ1n) is 4.26. The van der Waals surface area contributed by atoms with Gasteiger partial charge in [0, 0.05) is 5.69 Å². The molecule has 1 aromatic carbocycles. The molecular formula is C10H16ClNO2. The van der Waals surface area contributed by atoms with Crippen molar-refractivity contribution in [2.24, 2.45) is 0 Å². The van der Waals surface area contributed by atoms with Crippen LogP contribution in [0.4, 0.5) is 5.69 Å². The monoisotopic (exact) mass is 217 g/mol. The molecule has 4 heteroatoms. The second kappa shape index (κ2) is 5.73. The summed E-state index contributed by atoms with van der Waals surface area (Å²) in [5.74, 6) is 0.743. The minimum atomic E-state index is -0.446. The van der Waals surface area contributed by atoms with Gasteiger partial charge in [0.15, 0.2) is 0 Å². The molecule has 0 heterocycles. The van der Waals surface area contributed by atoms with Crippen molar-refractivity contribution in [3.05, 3.63) is 23.8 Å². The zero-order valence-corrected chi connectivity index (χ0v) is 9.17. The summed E-state index contributed by atoms with van der Waals surface area (Å²) in [6, 6.07) is 5.45. The molecule has 0 aromatic heterocycles. The van der Waals surface area contributed by atoms with Crippen LogP contribution in [-0.4, -0.2) is 17.8 Å². The third-order valence-electron chi connectivity index (χ3n) is 1.73. The largest absolute Gasteiger partial charge is 0.491 e. The molecule has 0 aliphatic heterocycles. The van der Waals surface area contributed by atoms with E-state index in [4.69, 9.17) is 15.6 Å². The van der Waals surface area contributed by atoms with Crippen LogP contribution >= 0.6 is 12.4 Å². The third-order valence-corrected chi connectivity index (χ3v) is 1.73. The zero-order valence-electron chi connectivity index (χ0n) is 8.36. The Morgan fingerprint density at radius 2 is 2.14 bits per heavy atom. The number of anilines is 1. The first kappa shape index (κ1) is 13.1. The van der Waals surface area contributed by atoms with E-state index in [0.29, 0.717) is 6.61 Å². The number of nitrogen functional groups attached to an aromatic ring is 1. The molecule has 14 heavy (non-hydrogen) atoms. The first-order chi connectivity index (χ1) is 6.09. The van der Waals surface area contributed by atoms with Crippen LogP contribution in [0.1, 0.15) is 12.5 Å². The molecule has 1 unspecified atom stereocenters. The van der Waals surface area contributed by atoms with E-state index in [1.165, 1.54) is 0 Å². The summed E-state index contributed by atoms with van der Waals surface area (Å²) in [6.07, 6.45) is -0.446. The van der Waals surface area contributed by atoms with Gasteiger partial charge in [-0.2, -0.15) is 0 Å². The van der Waals surface area contributed by atoms with Gasteiger partial charge in [0.2, 0.25) is 0 Å². The molecule has 0 spiro atoms. The Labute approximate surface area is 90.3 Å². The Hall–Kier alpha value is -0.930. The highest BCUT2D eigenvalue weighted by Crippen LogP contribution is 2.18. The molecule has 80 valence electrons. The van der Waals surface area contributed by atoms with Crippen molar-refractivity contribution in [2.75, 3.05) is 12.3 Å². The number of ether oxygens (including phenoxy) is 1. The molecule has 1 aromatic rings. The van der Waals surface area contributed by atoms with Gasteiger partial charge in [0.05, 0.1) is 6.10 Å². The van der Waals surface area contributed by atoms with Gasteiger partial charge in [-0.25, -0.2) is 0 Å². The van der Waals surface area contributed by atoms with Gasteiger partial charge in [-0.1, -0.05) is 0 Å². The maximum Gasteiger partial charge on any atom is 0.119 e. The molecular weight excluding hydrogens is 202 g/mol. The van der Waals surface area contributed by atoms with E-state index < -0.39 is 6.10 Å². The average Bonchev–Trinajstić information content (AvgIpc) is 2.07. The van der Waals surface area contributed by atoms with Gasteiger partial charge in [-0.15, -0.1) is 12.4 Å². The second-order valence-corrected chi connectivity index (χ2v) is 3.18. The fraction of sp³-hybridized carbons (Fsp3) is 0.400. The van der Waals surface area contributed by atoms with Crippen molar-refractivity contribution in [3.63, 3.8) is 0 Å². The first-order valence-corrected chi connectivity index (χ1v) is 4.26. The Morgan fingerprint density at radius 3 is 2.64 bits per heavy atom. The summed E-state index contributed by atoms with van der Waals surface area (Å²) in [5, 5.41) is 8.99. The Balaban J connectivity index is 0.00000169. The van der Waals surface area contributed by atoms with E-state index in [1.54, 1.807) is 19.1 Å². The van der Waals surface area contributed by atoms with Gasteiger partial charge in [-0.3, -0.25) is 0 Å². The van der Waals surface area contributed by atoms with E-state index in [2.05, 4.69) is 0 Å². The minimum Gasteiger partial charge on any atom is -0.491 e. The summed E-state index contributed by atoms with van der Waals surface area (Å²) in [6.45, 7) is 3.91. The summed E-state index contributed by atoms with van der Waals surface area (Å²) < 4.78 is 5.30. The van der Waals surface area contributed by atoms with Crippen molar-refractivity contribution < 1.29 is 9.84 Å². The van der Waals surface area contributed by atoms with Crippen LogP contribution in [0.3, 0.4) is 0 Å². The molecule has 0 aliphatic rings. The Bertz CT molecular complexity index is 289. The lowest BCUT2D eigenvalue weighted by molar-refractivity contribution is 0.122. The number of halogens is 1. The standard InChI is InChI=1S/C10H15NO2.ClH/c1-7-5-9(3-4-10(7)11)13-6-8(2)12;/h3-5,8,12H,6,11H2,1-2H3;1H. The van der Waals surface area contributed by atoms with Gasteiger partial charge in [-0.05, 0) is 37.6 Å². The van der Waals surface area contributed by atoms with Gasteiger partial charge in [0.25, 0.3) is 0 Å². The van der Waals surface area contributed by atoms with Crippen LogP contribution in [0, 0.1) is 6.92 Å². The van der Waals surface area contributed by atoms with E-state index in [-0.39, 0.29) is 12.4 Å². The predicted molar refractivity (Wildman–Crippen MR) is 60.0 cm³/mol. The van der Waals surface area contributed by atoms with Crippen molar-refractivity contribution >= 4 is 18.1 Å². The lowest BCUT2D eigenvalue weighted by Crippen LogP contribution is -2.12. The molecule has 0 saturated carbocycles.